The molecule has 1 aliphatic heterocycles. The number of benzene rings is 2. The van der Waals surface area contributed by atoms with E-state index in [4.69, 9.17) is 9.26 Å². The van der Waals surface area contributed by atoms with Gasteiger partial charge >= 0.3 is 0 Å². The molecule has 2 heterocycles. The number of hydrogen-bond donors (Lipinski definition) is 1. The summed E-state index contributed by atoms with van der Waals surface area (Å²) in [6.45, 7) is 1.97. The molecule has 0 unspecified atom stereocenters. The molecule has 2 aromatic carbocycles. The van der Waals surface area contributed by atoms with Crippen molar-refractivity contribution >= 4 is 27.5 Å². The second-order valence-electron chi connectivity index (χ2n) is 7.40. The number of ether oxygens (including phenoxy) is 1. The maximum atomic E-state index is 14.0. The van der Waals surface area contributed by atoms with E-state index in [0.717, 1.165) is 24.4 Å². The Labute approximate surface area is 187 Å². The zero-order chi connectivity index (χ0) is 21.8. The van der Waals surface area contributed by atoms with Gasteiger partial charge in [-0.05, 0) is 68.4 Å². The molecule has 0 saturated carbocycles. The standard InChI is InChI=1S/C22H22BrFN4O3/c1-30-17-5-2-14(3-6-17)21-26-20(31-27-21)13-28-10-8-15(9-11-28)22(29)25-19-7-4-16(23)12-18(19)24/h2-7,12,15H,8-11,13H2,1H3,(H,25,29). The van der Waals surface area contributed by atoms with Crippen molar-refractivity contribution in [1.82, 2.24) is 15.0 Å². The molecular formula is C22H22BrFN4O3. The summed E-state index contributed by atoms with van der Waals surface area (Å²) >= 11 is 3.21. The van der Waals surface area contributed by atoms with Crippen molar-refractivity contribution in [2.75, 3.05) is 25.5 Å². The summed E-state index contributed by atoms with van der Waals surface area (Å²) in [5.41, 5.74) is 1.05. The first kappa shape index (κ1) is 21.5. The van der Waals surface area contributed by atoms with Crippen molar-refractivity contribution < 1.29 is 18.4 Å². The van der Waals surface area contributed by atoms with Crippen LogP contribution in [0.25, 0.3) is 11.4 Å². The molecule has 9 heteroatoms. The summed E-state index contributed by atoms with van der Waals surface area (Å²) in [5.74, 6) is 1.07. The molecule has 1 aliphatic rings. The van der Waals surface area contributed by atoms with Crippen LogP contribution in [-0.4, -0.2) is 41.1 Å². The maximum absolute atomic E-state index is 14.0. The minimum atomic E-state index is -0.454. The largest absolute Gasteiger partial charge is 0.497 e. The van der Waals surface area contributed by atoms with Crippen molar-refractivity contribution in [3.63, 3.8) is 0 Å². The highest BCUT2D eigenvalue weighted by molar-refractivity contribution is 9.10. The number of nitrogens with zero attached hydrogens (tertiary/aromatic N) is 3. The molecule has 0 atom stereocenters. The van der Waals surface area contributed by atoms with Crippen LogP contribution >= 0.6 is 15.9 Å². The molecule has 1 saturated heterocycles. The average Bonchev–Trinajstić information content (AvgIpc) is 3.24. The molecule has 162 valence electrons. The smallest absolute Gasteiger partial charge is 0.241 e. The van der Waals surface area contributed by atoms with Crippen LogP contribution in [0.1, 0.15) is 18.7 Å². The van der Waals surface area contributed by atoms with Crippen molar-refractivity contribution in [2.45, 2.75) is 19.4 Å². The van der Waals surface area contributed by atoms with Gasteiger partial charge in [-0.3, -0.25) is 9.69 Å². The van der Waals surface area contributed by atoms with Crippen LogP contribution in [0.3, 0.4) is 0 Å². The van der Waals surface area contributed by atoms with Crippen molar-refractivity contribution in [3.05, 3.63) is 58.6 Å². The van der Waals surface area contributed by atoms with E-state index in [1.54, 1.807) is 19.2 Å². The zero-order valence-electron chi connectivity index (χ0n) is 17.0. The van der Waals surface area contributed by atoms with Gasteiger partial charge in [0.2, 0.25) is 17.6 Å². The number of halogens is 2. The number of amides is 1. The van der Waals surface area contributed by atoms with Gasteiger partial charge in [0, 0.05) is 16.0 Å². The molecule has 31 heavy (non-hydrogen) atoms. The lowest BCUT2D eigenvalue weighted by Gasteiger charge is -2.30. The molecule has 0 aliphatic carbocycles. The molecule has 1 amide bonds. The SMILES string of the molecule is COc1ccc(-c2noc(CN3CCC(C(=O)Nc4ccc(Br)cc4F)CC3)n2)cc1. The lowest BCUT2D eigenvalue weighted by Crippen LogP contribution is -2.37. The highest BCUT2D eigenvalue weighted by atomic mass is 79.9. The van der Waals surface area contributed by atoms with Crippen LogP contribution in [0.2, 0.25) is 0 Å². The average molecular weight is 489 g/mol. The van der Waals surface area contributed by atoms with E-state index in [1.165, 1.54) is 6.07 Å². The third-order valence-corrected chi connectivity index (χ3v) is 5.82. The Bertz CT molecular complexity index is 1050. The van der Waals surface area contributed by atoms with Gasteiger partial charge in [-0.15, -0.1) is 0 Å². The quantitative estimate of drug-likeness (QED) is 0.550. The van der Waals surface area contributed by atoms with E-state index in [2.05, 4.69) is 36.3 Å². The summed E-state index contributed by atoms with van der Waals surface area (Å²) in [5, 5.41) is 6.75. The van der Waals surface area contributed by atoms with Crippen LogP contribution in [0, 0.1) is 11.7 Å². The number of hydrogen-bond acceptors (Lipinski definition) is 6. The summed E-state index contributed by atoms with van der Waals surface area (Å²) in [7, 11) is 1.62. The molecule has 1 N–H and O–H groups in total. The third-order valence-electron chi connectivity index (χ3n) is 5.32. The predicted octanol–water partition coefficient (Wildman–Crippen LogP) is 4.50. The fourth-order valence-electron chi connectivity index (χ4n) is 3.55. The van der Waals surface area contributed by atoms with E-state index >= 15 is 0 Å². The van der Waals surface area contributed by atoms with Gasteiger partial charge < -0.3 is 14.6 Å². The van der Waals surface area contributed by atoms with E-state index in [-0.39, 0.29) is 17.5 Å². The van der Waals surface area contributed by atoms with Crippen molar-refractivity contribution in [1.29, 1.82) is 0 Å². The molecule has 1 aromatic heterocycles. The van der Waals surface area contributed by atoms with Crippen LogP contribution in [0.15, 0.2) is 51.5 Å². The Balaban J connectivity index is 1.29. The Hall–Kier alpha value is -2.78. The highest BCUT2D eigenvalue weighted by Crippen LogP contribution is 2.24. The van der Waals surface area contributed by atoms with E-state index in [1.807, 2.05) is 24.3 Å². The number of aromatic nitrogens is 2. The predicted molar refractivity (Wildman–Crippen MR) is 117 cm³/mol. The van der Waals surface area contributed by atoms with E-state index < -0.39 is 5.82 Å². The third kappa shape index (κ3) is 5.29. The van der Waals surface area contributed by atoms with Gasteiger partial charge in [-0.25, -0.2) is 4.39 Å². The van der Waals surface area contributed by atoms with Gasteiger partial charge in [0.25, 0.3) is 0 Å². The van der Waals surface area contributed by atoms with Crippen molar-refractivity contribution in [3.8, 4) is 17.1 Å². The Kier molecular flexibility index (Phi) is 6.62. The lowest BCUT2D eigenvalue weighted by atomic mass is 9.96. The number of carbonyl (C=O) groups excluding carboxylic acids is 1. The van der Waals surface area contributed by atoms with E-state index in [0.29, 0.717) is 35.6 Å². The van der Waals surface area contributed by atoms with Gasteiger partial charge in [-0.2, -0.15) is 4.98 Å². The molecule has 0 spiro atoms. The minimum Gasteiger partial charge on any atom is -0.497 e. The monoisotopic (exact) mass is 488 g/mol. The Morgan fingerprint density at radius 3 is 2.68 bits per heavy atom. The second-order valence-corrected chi connectivity index (χ2v) is 8.32. The molecule has 7 nitrogen and oxygen atoms in total. The zero-order valence-corrected chi connectivity index (χ0v) is 18.6. The van der Waals surface area contributed by atoms with Gasteiger partial charge in [0.15, 0.2) is 0 Å². The van der Waals surface area contributed by atoms with Crippen molar-refractivity contribution in [2.24, 2.45) is 5.92 Å². The molecule has 0 radical (unpaired) electrons. The first-order chi connectivity index (χ1) is 15.0. The number of nitrogens with one attached hydrogen (secondary N) is 1. The van der Waals surface area contributed by atoms with Gasteiger partial charge in [-0.1, -0.05) is 21.1 Å². The Morgan fingerprint density at radius 2 is 2.00 bits per heavy atom. The highest BCUT2D eigenvalue weighted by Gasteiger charge is 2.26. The number of piperidine rings is 1. The lowest BCUT2D eigenvalue weighted by molar-refractivity contribution is -0.121. The molecule has 4 rings (SSSR count). The van der Waals surface area contributed by atoms with Crippen LogP contribution in [0.5, 0.6) is 5.75 Å². The molecule has 3 aromatic rings. The fraction of sp³-hybridized carbons (Fsp3) is 0.318. The topological polar surface area (TPSA) is 80.5 Å². The first-order valence-electron chi connectivity index (χ1n) is 9.97. The molecular weight excluding hydrogens is 467 g/mol. The minimum absolute atomic E-state index is 0.152. The van der Waals surface area contributed by atoms with Crippen LogP contribution in [0.4, 0.5) is 10.1 Å². The number of rotatable bonds is 6. The number of carbonyl (C=O) groups is 1. The summed E-state index contributed by atoms with van der Waals surface area (Å²) in [6.07, 6.45) is 1.37. The number of anilines is 1. The van der Waals surface area contributed by atoms with Gasteiger partial charge in [0.05, 0.1) is 19.3 Å². The first-order valence-corrected chi connectivity index (χ1v) is 10.8. The molecule has 1 fully saturated rings. The second kappa shape index (κ2) is 9.57. The number of likely N-dealkylation sites (tertiary alicyclic amines) is 1. The molecule has 0 bridgehead atoms. The summed E-state index contributed by atoms with van der Waals surface area (Å²) < 4.78 is 25.2. The fourth-order valence-corrected chi connectivity index (χ4v) is 3.88. The summed E-state index contributed by atoms with van der Waals surface area (Å²) in [6, 6.07) is 12.1. The number of methoxy groups -OCH3 is 1. The Morgan fingerprint density at radius 1 is 1.26 bits per heavy atom. The maximum Gasteiger partial charge on any atom is 0.241 e. The van der Waals surface area contributed by atoms with E-state index in [9.17, 15) is 9.18 Å². The normalized spacial score (nSPS) is 15.1. The van der Waals surface area contributed by atoms with Crippen LogP contribution in [-0.2, 0) is 11.3 Å². The van der Waals surface area contributed by atoms with Crippen LogP contribution < -0.4 is 10.1 Å². The van der Waals surface area contributed by atoms with Gasteiger partial charge in [0.1, 0.15) is 11.6 Å². The summed E-state index contributed by atoms with van der Waals surface area (Å²) in [4.78, 5) is 19.2.